The van der Waals surface area contributed by atoms with Gasteiger partial charge in [0.1, 0.15) is 5.69 Å². The minimum absolute atomic E-state index is 0.190. The van der Waals surface area contributed by atoms with Gasteiger partial charge in [0.05, 0.1) is 5.56 Å². The Labute approximate surface area is 143 Å². The number of nitrogens with one attached hydrogen (secondary N) is 2. The number of hydrogen-bond acceptors (Lipinski definition) is 4. The first kappa shape index (κ1) is 18.7. The fourth-order valence-electron chi connectivity index (χ4n) is 2.06. The minimum Gasteiger partial charge on any atom is -0.355 e. The number of hydrogen-bond donors (Lipinski definition) is 2. The lowest BCUT2D eigenvalue weighted by molar-refractivity contribution is -0.137. The molecule has 25 heavy (non-hydrogen) atoms. The highest BCUT2D eigenvalue weighted by Crippen LogP contribution is 2.31. The molecule has 0 saturated carbocycles. The SMILES string of the molecule is CN(C)CCNC(=O)c1cc(Nc2cccc(C(F)(F)F)c2)ccn1. The van der Waals surface area contributed by atoms with Gasteiger partial charge in [-0.25, -0.2) is 0 Å². The molecule has 0 aliphatic carbocycles. The van der Waals surface area contributed by atoms with Crippen molar-refractivity contribution in [1.29, 1.82) is 0 Å². The van der Waals surface area contributed by atoms with Crippen LogP contribution in [0.5, 0.6) is 0 Å². The Morgan fingerprint density at radius 3 is 2.56 bits per heavy atom. The smallest absolute Gasteiger partial charge is 0.355 e. The lowest BCUT2D eigenvalue weighted by Gasteiger charge is -2.12. The van der Waals surface area contributed by atoms with Crippen molar-refractivity contribution in [2.75, 3.05) is 32.5 Å². The molecule has 0 radical (unpaired) electrons. The maximum Gasteiger partial charge on any atom is 0.416 e. The minimum atomic E-state index is -4.41. The van der Waals surface area contributed by atoms with Crippen molar-refractivity contribution >= 4 is 17.3 Å². The molecule has 1 amide bonds. The van der Waals surface area contributed by atoms with Gasteiger partial charge in [0.25, 0.3) is 5.91 Å². The first-order valence-electron chi connectivity index (χ1n) is 7.59. The Morgan fingerprint density at radius 2 is 1.88 bits per heavy atom. The van der Waals surface area contributed by atoms with Crippen molar-refractivity contribution in [2.24, 2.45) is 0 Å². The van der Waals surface area contributed by atoms with Crippen LogP contribution in [0.1, 0.15) is 16.1 Å². The zero-order chi connectivity index (χ0) is 18.4. The van der Waals surface area contributed by atoms with Gasteiger partial charge in [0, 0.05) is 30.7 Å². The molecule has 0 bridgehead atoms. The van der Waals surface area contributed by atoms with Crippen LogP contribution in [0, 0.1) is 0 Å². The van der Waals surface area contributed by atoms with Gasteiger partial charge in [-0.05, 0) is 44.4 Å². The Morgan fingerprint density at radius 1 is 1.16 bits per heavy atom. The van der Waals surface area contributed by atoms with E-state index in [-0.39, 0.29) is 17.3 Å². The molecule has 0 unspecified atom stereocenters. The summed E-state index contributed by atoms with van der Waals surface area (Å²) in [6.07, 6.45) is -2.98. The van der Waals surface area contributed by atoms with E-state index in [0.29, 0.717) is 18.8 Å². The van der Waals surface area contributed by atoms with E-state index in [1.54, 1.807) is 6.07 Å². The number of pyridine rings is 1. The van der Waals surface area contributed by atoms with Gasteiger partial charge in [-0.1, -0.05) is 6.07 Å². The molecule has 2 rings (SSSR count). The van der Waals surface area contributed by atoms with Crippen molar-refractivity contribution < 1.29 is 18.0 Å². The van der Waals surface area contributed by atoms with Crippen LogP contribution in [-0.2, 0) is 6.18 Å². The standard InChI is InChI=1S/C17H19F3N4O/c1-24(2)9-8-22-16(25)15-11-14(6-7-21-15)23-13-5-3-4-12(10-13)17(18,19)20/h3-7,10-11H,8-9H2,1-2H3,(H,21,23)(H,22,25). The third kappa shape index (κ3) is 5.75. The molecule has 1 aromatic heterocycles. The average Bonchev–Trinajstić information content (AvgIpc) is 2.54. The molecule has 0 aliphatic heterocycles. The maximum atomic E-state index is 12.8. The van der Waals surface area contributed by atoms with E-state index in [4.69, 9.17) is 0 Å². The predicted molar refractivity (Wildman–Crippen MR) is 89.9 cm³/mol. The maximum absolute atomic E-state index is 12.8. The summed E-state index contributed by atoms with van der Waals surface area (Å²) in [6, 6.07) is 7.93. The number of rotatable bonds is 6. The first-order chi connectivity index (χ1) is 11.8. The zero-order valence-corrected chi connectivity index (χ0v) is 13.9. The summed E-state index contributed by atoms with van der Waals surface area (Å²) in [5.41, 5.74) is 0.205. The number of alkyl halides is 3. The van der Waals surface area contributed by atoms with Crippen molar-refractivity contribution in [3.8, 4) is 0 Å². The number of likely N-dealkylation sites (N-methyl/N-ethyl adjacent to an activating group) is 1. The Bertz CT molecular complexity index is 732. The molecule has 0 atom stereocenters. The molecular weight excluding hydrogens is 333 g/mol. The number of anilines is 2. The van der Waals surface area contributed by atoms with E-state index in [0.717, 1.165) is 12.1 Å². The van der Waals surface area contributed by atoms with Crippen molar-refractivity contribution in [3.63, 3.8) is 0 Å². The van der Waals surface area contributed by atoms with Crippen LogP contribution in [0.3, 0.4) is 0 Å². The zero-order valence-electron chi connectivity index (χ0n) is 13.9. The molecule has 2 N–H and O–H groups in total. The van der Waals surface area contributed by atoms with Crippen LogP contribution in [0.2, 0.25) is 0 Å². The molecule has 8 heteroatoms. The third-order valence-corrected chi connectivity index (χ3v) is 3.32. The fraction of sp³-hybridized carbons (Fsp3) is 0.294. The van der Waals surface area contributed by atoms with Crippen LogP contribution in [-0.4, -0.2) is 43.0 Å². The second-order valence-electron chi connectivity index (χ2n) is 5.69. The molecule has 134 valence electrons. The second-order valence-corrected chi connectivity index (χ2v) is 5.69. The van der Waals surface area contributed by atoms with Crippen LogP contribution >= 0.6 is 0 Å². The number of carbonyl (C=O) groups is 1. The van der Waals surface area contributed by atoms with Gasteiger partial charge < -0.3 is 15.5 Å². The lowest BCUT2D eigenvalue weighted by Crippen LogP contribution is -2.31. The van der Waals surface area contributed by atoms with Gasteiger partial charge in [-0.15, -0.1) is 0 Å². The first-order valence-corrected chi connectivity index (χ1v) is 7.59. The van der Waals surface area contributed by atoms with Crippen molar-refractivity contribution in [3.05, 3.63) is 53.9 Å². The highest BCUT2D eigenvalue weighted by Gasteiger charge is 2.30. The topological polar surface area (TPSA) is 57.3 Å². The normalized spacial score (nSPS) is 11.4. The van der Waals surface area contributed by atoms with Gasteiger partial charge in [-0.2, -0.15) is 13.2 Å². The molecule has 0 fully saturated rings. The van der Waals surface area contributed by atoms with E-state index >= 15 is 0 Å². The highest BCUT2D eigenvalue weighted by molar-refractivity contribution is 5.93. The Balaban J connectivity index is 2.08. The number of amides is 1. The van der Waals surface area contributed by atoms with E-state index < -0.39 is 11.7 Å². The van der Waals surface area contributed by atoms with Crippen molar-refractivity contribution in [2.45, 2.75) is 6.18 Å². The lowest BCUT2D eigenvalue weighted by atomic mass is 10.2. The number of carbonyl (C=O) groups excluding carboxylic acids is 1. The fourth-order valence-corrected chi connectivity index (χ4v) is 2.06. The van der Waals surface area contributed by atoms with E-state index in [2.05, 4.69) is 15.6 Å². The van der Waals surface area contributed by atoms with Gasteiger partial charge in [0.15, 0.2) is 0 Å². The monoisotopic (exact) mass is 352 g/mol. The second kappa shape index (κ2) is 7.98. The summed E-state index contributed by atoms with van der Waals surface area (Å²) < 4.78 is 38.3. The van der Waals surface area contributed by atoms with Crippen LogP contribution < -0.4 is 10.6 Å². The predicted octanol–water partition coefficient (Wildman–Crippen LogP) is 3.14. The van der Waals surface area contributed by atoms with E-state index in [9.17, 15) is 18.0 Å². The van der Waals surface area contributed by atoms with Crippen LogP contribution in [0.4, 0.5) is 24.5 Å². The molecular formula is C17H19F3N4O. The summed E-state index contributed by atoms with van der Waals surface area (Å²) in [6.45, 7) is 1.16. The molecule has 0 spiro atoms. The largest absolute Gasteiger partial charge is 0.416 e. The Hall–Kier alpha value is -2.61. The molecule has 1 heterocycles. The highest BCUT2D eigenvalue weighted by atomic mass is 19.4. The number of benzene rings is 1. The van der Waals surface area contributed by atoms with Gasteiger partial charge >= 0.3 is 6.18 Å². The van der Waals surface area contributed by atoms with Gasteiger partial charge in [-0.3, -0.25) is 9.78 Å². The number of nitrogens with zero attached hydrogens (tertiary/aromatic N) is 2. The number of halogens is 3. The van der Waals surface area contributed by atoms with Crippen molar-refractivity contribution in [1.82, 2.24) is 15.2 Å². The molecule has 2 aromatic rings. The molecule has 0 saturated heterocycles. The summed E-state index contributed by atoms with van der Waals surface area (Å²) in [4.78, 5) is 18.0. The summed E-state index contributed by atoms with van der Waals surface area (Å²) >= 11 is 0. The number of aromatic nitrogens is 1. The summed E-state index contributed by atoms with van der Waals surface area (Å²) in [5, 5.41) is 5.59. The van der Waals surface area contributed by atoms with Gasteiger partial charge in [0.2, 0.25) is 0 Å². The van der Waals surface area contributed by atoms with E-state index in [1.807, 2.05) is 19.0 Å². The molecule has 1 aromatic carbocycles. The third-order valence-electron chi connectivity index (χ3n) is 3.32. The summed E-state index contributed by atoms with van der Waals surface area (Å²) in [5.74, 6) is -0.338. The van der Waals surface area contributed by atoms with Crippen LogP contribution in [0.15, 0.2) is 42.6 Å². The average molecular weight is 352 g/mol. The summed E-state index contributed by atoms with van der Waals surface area (Å²) in [7, 11) is 3.79. The quantitative estimate of drug-likeness (QED) is 0.839. The van der Waals surface area contributed by atoms with Crippen LogP contribution in [0.25, 0.3) is 0 Å². The van der Waals surface area contributed by atoms with E-state index in [1.165, 1.54) is 24.4 Å². The Kier molecular flexibility index (Phi) is 5.97. The molecule has 0 aliphatic rings. The molecule has 5 nitrogen and oxygen atoms in total.